The van der Waals surface area contributed by atoms with Gasteiger partial charge in [-0.3, -0.25) is 0 Å². The summed E-state index contributed by atoms with van der Waals surface area (Å²) in [6.45, 7) is 0. The molecule has 1 aromatic carbocycles. The highest BCUT2D eigenvalue weighted by molar-refractivity contribution is 7.89. The van der Waals surface area contributed by atoms with Gasteiger partial charge < -0.3 is 5.11 Å². The van der Waals surface area contributed by atoms with Crippen molar-refractivity contribution in [2.75, 3.05) is 14.1 Å². The van der Waals surface area contributed by atoms with Crippen LogP contribution in [0.15, 0.2) is 17.0 Å². The molecule has 0 amide bonds. The highest BCUT2D eigenvalue weighted by Gasteiger charge is 2.24. The van der Waals surface area contributed by atoms with Gasteiger partial charge in [-0.15, -0.1) is 4.83 Å². The van der Waals surface area contributed by atoms with Crippen LogP contribution >= 0.6 is 23.2 Å². The summed E-state index contributed by atoms with van der Waals surface area (Å²) in [6.07, 6.45) is 0. The molecule has 0 heterocycles. The second-order valence-electron chi connectivity index (χ2n) is 3.56. The summed E-state index contributed by atoms with van der Waals surface area (Å²) < 4.78 is 23.8. The van der Waals surface area contributed by atoms with E-state index >= 15 is 0 Å². The van der Waals surface area contributed by atoms with Gasteiger partial charge in [-0.1, -0.05) is 23.2 Å². The monoisotopic (exact) mass is 312 g/mol. The average Bonchev–Trinajstić information content (AvgIpc) is 2.18. The fourth-order valence-electron chi connectivity index (χ4n) is 1.20. The van der Waals surface area contributed by atoms with Crippen LogP contribution in [0, 0.1) is 0 Å². The number of carbonyl (C=O) groups is 1. The first kappa shape index (κ1) is 15.2. The van der Waals surface area contributed by atoms with Crippen LogP contribution in [-0.4, -0.2) is 38.6 Å². The third kappa shape index (κ3) is 3.33. The molecular formula is C9H10Cl2N2O4S. The second-order valence-corrected chi connectivity index (χ2v) is 6.00. The van der Waals surface area contributed by atoms with E-state index in [2.05, 4.69) is 4.83 Å². The Morgan fingerprint density at radius 1 is 1.33 bits per heavy atom. The standard InChI is InChI=1S/C9H10Cl2N2O4S/c1-13(2)12-18(16,17)7-4-5(10)3-6(8(7)11)9(14)15/h3-4,12H,1-2H3,(H,14,15). The van der Waals surface area contributed by atoms with Gasteiger partial charge in [-0.25, -0.2) is 18.2 Å². The average molecular weight is 313 g/mol. The lowest BCUT2D eigenvalue weighted by Crippen LogP contribution is -2.36. The molecule has 100 valence electrons. The van der Waals surface area contributed by atoms with Gasteiger partial charge in [0.05, 0.1) is 10.6 Å². The van der Waals surface area contributed by atoms with Crippen LogP contribution in [-0.2, 0) is 10.0 Å². The van der Waals surface area contributed by atoms with Gasteiger partial charge in [0.25, 0.3) is 10.0 Å². The molecule has 0 radical (unpaired) electrons. The van der Waals surface area contributed by atoms with E-state index in [1.165, 1.54) is 19.1 Å². The van der Waals surface area contributed by atoms with Crippen molar-refractivity contribution in [3.8, 4) is 0 Å². The van der Waals surface area contributed by atoms with Crippen LogP contribution in [0.2, 0.25) is 10.0 Å². The molecule has 0 bridgehead atoms. The smallest absolute Gasteiger partial charge is 0.337 e. The van der Waals surface area contributed by atoms with Crippen molar-refractivity contribution in [2.45, 2.75) is 4.90 Å². The number of carboxylic acid groups (broad SMARTS) is 1. The third-order valence-corrected chi connectivity index (χ3v) is 4.07. The molecule has 1 aromatic rings. The Hall–Kier alpha value is -0.860. The first-order valence-electron chi connectivity index (χ1n) is 4.57. The van der Waals surface area contributed by atoms with E-state index in [1.807, 2.05) is 0 Å². The zero-order chi connectivity index (χ0) is 14.1. The molecule has 0 spiro atoms. The number of halogens is 2. The molecule has 0 saturated heterocycles. The molecule has 0 fully saturated rings. The highest BCUT2D eigenvalue weighted by atomic mass is 35.5. The first-order valence-corrected chi connectivity index (χ1v) is 6.81. The van der Waals surface area contributed by atoms with Crippen molar-refractivity contribution >= 4 is 39.2 Å². The van der Waals surface area contributed by atoms with E-state index in [-0.39, 0.29) is 20.5 Å². The van der Waals surface area contributed by atoms with Gasteiger partial charge in [0.15, 0.2) is 0 Å². The largest absolute Gasteiger partial charge is 0.478 e. The third-order valence-electron chi connectivity index (χ3n) is 1.83. The summed E-state index contributed by atoms with van der Waals surface area (Å²) in [4.78, 5) is 12.7. The lowest BCUT2D eigenvalue weighted by Gasteiger charge is -2.14. The normalized spacial score (nSPS) is 11.8. The molecule has 1 rings (SSSR count). The lowest BCUT2D eigenvalue weighted by atomic mass is 10.2. The molecule has 0 unspecified atom stereocenters. The highest BCUT2D eigenvalue weighted by Crippen LogP contribution is 2.29. The van der Waals surface area contributed by atoms with Crippen molar-refractivity contribution < 1.29 is 18.3 Å². The zero-order valence-electron chi connectivity index (χ0n) is 9.44. The van der Waals surface area contributed by atoms with Crippen LogP contribution < -0.4 is 4.83 Å². The SMILES string of the molecule is CN(C)NS(=O)(=O)c1cc(Cl)cc(C(=O)O)c1Cl. The van der Waals surface area contributed by atoms with Crippen molar-refractivity contribution in [1.29, 1.82) is 0 Å². The van der Waals surface area contributed by atoms with Crippen LogP contribution in [0.3, 0.4) is 0 Å². The van der Waals surface area contributed by atoms with Crippen molar-refractivity contribution in [1.82, 2.24) is 9.84 Å². The second kappa shape index (κ2) is 5.41. The molecule has 0 aliphatic heterocycles. The number of hydrogen-bond donors (Lipinski definition) is 2. The molecule has 0 aliphatic carbocycles. The fraction of sp³-hybridized carbons (Fsp3) is 0.222. The minimum absolute atomic E-state index is 0.0315. The van der Waals surface area contributed by atoms with E-state index in [9.17, 15) is 13.2 Å². The predicted octanol–water partition coefficient (Wildman–Crippen LogP) is 1.45. The lowest BCUT2D eigenvalue weighted by molar-refractivity contribution is 0.0697. The maximum absolute atomic E-state index is 11.9. The number of aromatic carboxylic acids is 1. The van der Waals surface area contributed by atoms with Gasteiger partial charge >= 0.3 is 5.97 Å². The Bertz CT molecular complexity index is 586. The Balaban J connectivity index is 3.47. The van der Waals surface area contributed by atoms with E-state index < -0.39 is 16.0 Å². The molecule has 9 heteroatoms. The van der Waals surface area contributed by atoms with Gasteiger partial charge in [-0.2, -0.15) is 0 Å². The molecule has 0 aliphatic rings. The van der Waals surface area contributed by atoms with E-state index in [0.29, 0.717) is 0 Å². The van der Waals surface area contributed by atoms with Gasteiger partial charge in [-0.05, 0) is 12.1 Å². The van der Waals surface area contributed by atoms with Crippen molar-refractivity contribution in [3.05, 3.63) is 27.7 Å². The van der Waals surface area contributed by atoms with Gasteiger partial charge in [0.2, 0.25) is 0 Å². The topological polar surface area (TPSA) is 86.7 Å². The molecule has 2 N–H and O–H groups in total. The van der Waals surface area contributed by atoms with Crippen LogP contribution in [0.5, 0.6) is 0 Å². The number of nitrogens with zero attached hydrogens (tertiary/aromatic N) is 1. The maximum atomic E-state index is 11.9. The Morgan fingerprint density at radius 3 is 2.33 bits per heavy atom. The molecular weight excluding hydrogens is 303 g/mol. The van der Waals surface area contributed by atoms with Crippen molar-refractivity contribution in [3.63, 3.8) is 0 Å². The molecule has 0 saturated carbocycles. The number of nitrogens with one attached hydrogen (secondary N) is 1. The van der Waals surface area contributed by atoms with Crippen molar-refractivity contribution in [2.24, 2.45) is 0 Å². The molecule has 6 nitrogen and oxygen atoms in total. The zero-order valence-corrected chi connectivity index (χ0v) is 11.8. The Kier molecular flexibility index (Phi) is 4.57. The number of benzene rings is 1. The summed E-state index contributed by atoms with van der Waals surface area (Å²) in [5, 5.41) is 9.66. The van der Waals surface area contributed by atoms with Crippen LogP contribution in [0.25, 0.3) is 0 Å². The summed E-state index contributed by atoms with van der Waals surface area (Å²) in [7, 11) is -1.04. The molecule has 18 heavy (non-hydrogen) atoms. The number of sulfonamides is 1. The van der Waals surface area contributed by atoms with Crippen LogP contribution in [0.1, 0.15) is 10.4 Å². The summed E-state index contributed by atoms with van der Waals surface area (Å²) in [6, 6.07) is 2.17. The van der Waals surface area contributed by atoms with Crippen LogP contribution in [0.4, 0.5) is 0 Å². The number of carboxylic acids is 1. The summed E-state index contributed by atoms with van der Waals surface area (Å²) >= 11 is 11.4. The Morgan fingerprint density at radius 2 is 1.89 bits per heavy atom. The molecule has 0 atom stereocenters. The van der Waals surface area contributed by atoms with E-state index in [0.717, 1.165) is 12.1 Å². The Labute approximate surface area is 114 Å². The van der Waals surface area contributed by atoms with Gasteiger partial charge in [0, 0.05) is 19.1 Å². The first-order chi connectivity index (χ1) is 8.15. The number of hydrogen-bond acceptors (Lipinski definition) is 4. The maximum Gasteiger partial charge on any atom is 0.337 e. The quantitative estimate of drug-likeness (QED) is 0.822. The predicted molar refractivity (Wildman–Crippen MR) is 67.4 cm³/mol. The number of hydrazine groups is 1. The van der Waals surface area contributed by atoms with E-state index in [4.69, 9.17) is 28.3 Å². The summed E-state index contributed by atoms with van der Waals surface area (Å²) in [5.41, 5.74) is -0.372. The molecule has 0 aromatic heterocycles. The number of rotatable bonds is 4. The minimum Gasteiger partial charge on any atom is -0.478 e. The summed E-state index contributed by atoms with van der Waals surface area (Å²) in [5.74, 6) is -1.36. The fourth-order valence-corrected chi connectivity index (χ4v) is 3.19. The van der Waals surface area contributed by atoms with E-state index in [1.54, 1.807) is 0 Å². The minimum atomic E-state index is -3.97. The van der Waals surface area contributed by atoms with Gasteiger partial charge in [0.1, 0.15) is 4.90 Å².